The van der Waals surface area contributed by atoms with Crippen LogP contribution in [-0.4, -0.2) is 27.0 Å². The van der Waals surface area contributed by atoms with E-state index in [0.29, 0.717) is 5.69 Å². The van der Waals surface area contributed by atoms with E-state index in [1.165, 1.54) is 17.0 Å². The predicted molar refractivity (Wildman–Crippen MR) is 110 cm³/mol. The molecule has 3 rings (SSSR count). The van der Waals surface area contributed by atoms with Crippen LogP contribution in [0.3, 0.4) is 0 Å². The summed E-state index contributed by atoms with van der Waals surface area (Å²) in [6.07, 6.45) is 1.22. The summed E-state index contributed by atoms with van der Waals surface area (Å²) in [6, 6.07) is 8.78. The summed E-state index contributed by atoms with van der Waals surface area (Å²) in [5.74, 6) is -1.88. The molecule has 0 spiro atoms. The molecule has 10 heteroatoms. The monoisotopic (exact) mass is 461 g/mol. The van der Waals surface area contributed by atoms with E-state index < -0.39 is 28.2 Å². The van der Waals surface area contributed by atoms with Gasteiger partial charge in [0.2, 0.25) is 0 Å². The number of carbonyl (C=O) groups is 2. The number of hydrogen-bond acceptors (Lipinski definition) is 6. The van der Waals surface area contributed by atoms with Crippen molar-refractivity contribution in [3.05, 3.63) is 67.7 Å². The van der Waals surface area contributed by atoms with Crippen molar-refractivity contribution in [3.8, 4) is 5.75 Å². The Morgan fingerprint density at radius 2 is 1.96 bits per heavy atom. The molecule has 1 heterocycles. The number of carbonyl (C=O) groups excluding carboxylic acids is 2. The minimum absolute atomic E-state index is 0.0609. The van der Waals surface area contributed by atoms with Gasteiger partial charge in [0.25, 0.3) is 11.8 Å². The van der Waals surface area contributed by atoms with Gasteiger partial charge >= 0.3 is 5.69 Å². The van der Waals surface area contributed by atoms with Gasteiger partial charge in [-0.25, -0.2) is 0 Å². The smallest absolute Gasteiger partial charge is 0.311 e. The average molecular weight is 462 g/mol. The van der Waals surface area contributed by atoms with Crippen LogP contribution in [0, 0.1) is 17.0 Å². The van der Waals surface area contributed by atoms with Crippen LogP contribution >= 0.6 is 28.1 Å². The number of phenols is 1. The maximum atomic E-state index is 13.0. The molecule has 2 amide bonds. The third-order valence-corrected chi connectivity index (χ3v) is 4.79. The number of aromatic hydroxyl groups is 1. The van der Waals surface area contributed by atoms with Crippen LogP contribution in [0.25, 0.3) is 6.08 Å². The van der Waals surface area contributed by atoms with E-state index in [-0.39, 0.29) is 16.2 Å². The SMILES string of the molecule is Cc1cc(Br)ccc1N1C(=O)/C(=C/c2ccc(O)c([N+](=O)[O-])c2)C(=O)NC1=S. The number of halogens is 1. The summed E-state index contributed by atoms with van der Waals surface area (Å²) in [5.41, 5.74) is 0.690. The van der Waals surface area contributed by atoms with Gasteiger partial charge in [-0.15, -0.1) is 0 Å². The van der Waals surface area contributed by atoms with Gasteiger partial charge in [-0.2, -0.15) is 0 Å². The maximum absolute atomic E-state index is 13.0. The maximum Gasteiger partial charge on any atom is 0.311 e. The zero-order valence-electron chi connectivity index (χ0n) is 14.3. The molecular formula is C18H12BrN3O5S. The number of amides is 2. The summed E-state index contributed by atoms with van der Waals surface area (Å²) >= 11 is 8.50. The first-order valence-corrected chi connectivity index (χ1v) is 9.04. The van der Waals surface area contributed by atoms with Crippen molar-refractivity contribution in [3.63, 3.8) is 0 Å². The summed E-state index contributed by atoms with van der Waals surface area (Å²) < 4.78 is 0.820. The van der Waals surface area contributed by atoms with E-state index >= 15 is 0 Å². The highest BCUT2D eigenvalue weighted by atomic mass is 79.9. The Kier molecular flexibility index (Phi) is 5.25. The van der Waals surface area contributed by atoms with E-state index in [2.05, 4.69) is 21.2 Å². The number of nitrogens with zero attached hydrogens (tertiary/aromatic N) is 2. The highest BCUT2D eigenvalue weighted by Crippen LogP contribution is 2.30. The van der Waals surface area contributed by atoms with E-state index in [1.807, 2.05) is 0 Å². The molecular weight excluding hydrogens is 450 g/mol. The van der Waals surface area contributed by atoms with Crippen molar-refractivity contribution < 1.29 is 19.6 Å². The first-order chi connectivity index (χ1) is 13.2. The molecule has 0 aromatic heterocycles. The van der Waals surface area contributed by atoms with Gasteiger partial charge in [-0.3, -0.25) is 29.9 Å². The second-order valence-corrected chi connectivity index (χ2v) is 7.20. The average Bonchev–Trinajstić information content (AvgIpc) is 2.61. The lowest BCUT2D eigenvalue weighted by atomic mass is 10.1. The number of nitro groups is 1. The number of thiocarbonyl (C=S) groups is 1. The van der Waals surface area contributed by atoms with E-state index in [1.54, 1.807) is 25.1 Å². The van der Waals surface area contributed by atoms with Gasteiger partial charge in [0.05, 0.1) is 10.6 Å². The zero-order chi connectivity index (χ0) is 20.6. The number of anilines is 1. The number of nitro benzene ring substituents is 1. The van der Waals surface area contributed by atoms with Crippen molar-refractivity contribution in [2.24, 2.45) is 0 Å². The van der Waals surface area contributed by atoms with Gasteiger partial charge in [0, 0.05) is 10.5 Å². The molecule has 0 aliphatic carbocycles. The molecule has 1 aliphatic rings. The minimum atomic E-state index is -0.757. The van der Waals surface area contributed by atoms with Crippen molar-refractivity contribution in [2.75, 3.05) is 4.90 Å². The summed E-state index contributed by atoms with van der Waals surface area (Å²) in [6.45, 7) is 1.79. The number of benzene rings is 2. The molecule has 8 nitrogen and oxygen atoms in total. The lowest BCUT2D eigenvalue weighted by Crippen LogP contribution is -2.54. The number of hydrogen-bond donors (Lipinski definition) is 2. The largest absolute Gasteiger partial charge is 0.502 e. The van der Waals surface area contributed by atoms with Crippen LogP contribution in [0.5, 0.6) is 5.75 Å². The van der Waals surface area contributed by atoms with Crippen molar-refractivity contribution >= 4 is 62.5 Å². The number of rotatable bonds is 3. The fourth-order valence-electron chi connectivity index (χ4n) is 2.69. The Labute approximate surface area is 172 Å². The van der Waals surface area contributed by atoms with Crippen molar-refractivity contribution in [1.29, 1.82) is 0 Å². The molecule has 2 N–H and O–H groups in total. The molecule has 2 aromatic carbocycles. The highest BCUT2D eigenvalue weighted by molar-refractivity contribution is 9.10. The Bertz CT molecular complexity index is 1080. The first kappa shape index (κ1) is 19.6. The predicted octanol–water partition coefficient (Wildman–Crippen LogP) is 3.20. The van der Waals surface area contributed by atoms with Crippen LogP contribution in [0.2, 0.25) is 0 Å². The Balaban J connectivity index is 2.06. The Hall–Kier alpha value is -3.11. The van der Waals surface area contributed by atoms with Crippen LogP contribution in [0.1, 0.15) is 11.1 Å². The van der Waals surface area contributed by atoms with Crippen LogP contribution in [0.15, 0.2) is 46.4 Å². The molecule has 1 aliphatic heterocycles. The van der Waals surface area contributed by atoms with Gasteiger partial charge in [0.15, 0.2) is 10.9 Å². The number of phenolic OH excluding ortho intramolecular Hbond substituents is 1. The van der Waals surface area contributed by atoms with E-state index in [9.17, 15) is 24.8 Å². The molecule has 0 radical (unpaired) electrons. The molecule has 28 heavy (non-hydrogen) atoms. The molecule has 1 saturated heterocycles. The Morgan fingerprint density at radius 1 is 1.25 bits per heavy atom. The van der Waals surface area contributed by atoms with Gasteiger partial charge in [-0.1, -0.05) is 22.0 Å². The quantitative estimate of drug-likeness (QED) is 0.238. The third kappa shape index (κ3) is 3.64. The van der Waals surface area contributed by atoms with Crippen LogP contribution in [-0.2, 0) is 9.59 Å². The molecule has 0 atom stereocenters. The summed E-state index contributed by atoms with van der Waals surface area (Å²) in [4.78, 5) is 36.7. The van der Waals surface area contributed by atoms with Crippen molar-refractivity contribution in [1.82, 2.24) is 5.32 Å². The van der Waals surface area contributed by atoms with Crippen LogP contribution in [0.4, 0.5) is 11.4 Å². The molecule has 0 bridgehead atoms. The third-order valence-electron chi connectivity index (χ3n) is 4.01. The number of nitrogens with one attached hydrogen (secondary N) is 1. The lowest BCUT2D eigenvalue weighted by molar-refractivity contribution is -0.385. The summed E-state index contributed by atoms with van der Waals surface area (Å²) in [5, 5.41) is 22.9. The lowest BCUT2D eigenvalue weighted by Gasteiger charge is -2.30. The molecule has 0 unspecified atom stereocenters. The zero-order valence-corrected chi connectivity index (χ0v) is 16.7. The van der Waals surface area contributed by atoms with E-state index in [4.69, 9.17) is 12.2 Å². The standard InChI is InChI=1S/C18H12BrN3O5S/c1-9-6-11(19)3-4-13(9)21-17(25)12(16(24)20-18(21)28)7-10-2-5-15(23)14(8-10)22(26)27/h2-8,23H,1H3,(H,20,24,28)/b12-7+. The van der Waals surface area contributed by atoms with Crippen LogP contribution < -0.4 is 10.2 Å². The summed E-state index contributed by atoms with van der Waals surface area (Å²) in [7, 11) is 0. The second kappa shape index (κ2) is 7.49. The fourth-order valence-corrected chi connectivity index (χ4v) is 3.44. The fraction of sp³-hybridized carbons (Fsp3) is 0.0556. The van der Waals surface area contributed by atoms with E-state index in [0.717, 1.165) is 22.2 Å². The molecule has 1 fully saturated rings. The molecule has 2 aromatic rings. The van der Waals surface area contributed by atoms with Gasteiger partial charge < -0.3 is 5.11 Å². The molecule has 142 valence electrons. The number of aryl methyl sites for hydroxylation is 1. The highest BCUT2D eigenvalue weighted by Gasteiger charge is 2.35. The van der Waals surface area contributed by atoms with Gasteiger partial charge in [-0.05, 0) is 60.6 Å². The van der Waals surface area contributed by atoms with Crippen molar-refractivity contribution in [2.45, 2.75) is 6.92 Å². The topological polar surface area (TPSA) is 113 Å². The normalized spacial score (nSPS) is 15.7. The minimum Gasteiger partial charge on any atom is -0.502 e. The second-order valence-electron chi connectivity index (χ2n) is 5.89. The molecule has 0 saturated carbocycles. The first-order valence-electron chi connectivity index (χ1n) is 7.84. The van der Waals surface area contributed by atoms with Gasteiger partial charge in [0.1, 0.15) is 5.57 Å². The Morgan fingerprint density at radius 3 is 2.61 bits per heavy atom.